The average Bonchev–Trinajstić information content (AvgIpc) is 2.82. The van der Waals surface area contributed by atoms with Gasteiger partial charge in [0.25, 0.3) is 5.91 Å². The summed E-state index contributed by atoms with van der Waals surface area (Å²) < 4.78 is 32.2. The lowest BCUT2D eigenvalue weighted by molar-refractivity contribution is -0.143. The maximum Gasteiger partial charge on any atom is 0.261 e. The second-order valence-electron chi connectivity index (χ2n) is 8.26. The summed E-state index contributed by atoms with van der Waals surface area (Å²) in [4.78, 5) is 28.0. The van der Waals surface area contributed by atoms with Crippen LogP contribution in [-0.4, -0.2) is 35.4 Å². The van der Waals surface area contributed by atoms with Gasteiger partial charge in [-0.25, -0.2) is 8.78 Å². The Morgan fingerprint density at radius 3 is 2.03 bits per heavy atom. The van der Waals surface area contributed by atoms with E-state index in [1.165, 1.54) is 41.3 Å². The van der Waals surface area contributed by atoms with Gasteiger partial charge in [-0.15, -0.1) is 0 Å². The summed E-state index contributed by atoms with van der Waals surface area (Å²) in [5, 5.41) is 2.90. The van der Waals surface area contributed by atoms with Gasteiger partial charge in [-0.1, -0.05) is 42.5 Å². The van der Waals surface area contributed by atoms with Crippen LogP contribution in [0.2, 0.25) is 0 Å². The molecule has 0 fully saturated rings. The van der Waals surface area contributed by atoms with Crippen molar-refractivity contribution in [2.45, 2.75) is 38.9 Å². The molecule has 0 saturated heterocycles. The minimum Gasteiger partial charge on any atom is -0.484 e. The van der Waals surface area contributed by atoms with E-state index in [0.717, 1.165) is 5.56 Å². The lowest BCUT2D eigenvalue weighted by atomic mass is 10.0. The minimum atomic E-state index is -0.820. The molecule has 1 unspecified atom stereocenters. The Bertz CT molecular complexity index is 1070. The predicted molar refractivity (Wildman–Crippen MR) is 126 cm³/mol. The van der Waals surface area contributed by atoms with E-state index in [2.05, 4.69) is 5.32 Å². The number of benzene rings is 3. The number of nitrogens with zero attached hydrogens (tertiary/aromatic N) is 1. The lowest BCUT2D eigenvalue weighted by Gasteiger charge is -2.32. The molecule has 1 atom stereocenters. The number of halogens is 2. The van der Waals surface area contributed by atoms with Crippen molar-refractivity contribution in [2.24, 2.45) is 0 Å². The van der Waals surface area contributed by atoms with Crippen molar-refractivity contribution in [1.29, 1.82) is 0 Å². The van der Waals surface area contributed by atoms with Crippen LogP contribution < -0.4 is 10.1 Å². The molecule has 3 aromatic rings. The molecule has 0 aliphatic heterocycles. The quantitative estimate of drug-likeness (QED) is 0.478. The van der Waals surface area contributed by atoms with Crippen molar-refractivity contribution in [2.75, 3.05) is 6.61 Å². The maximum atomic E-state index is 13.4. The van der Waals surface area contributed by atoms with Gasteiger partial charge in [0.2, 0.25) is 5.91 Å². The predicted octanol–water partition coefficient (Wildman–Crippen LogP) is 4.51. The molecule has 0 bridgehead atoms. The van der Waals surface area contributed by atoms with Crippen LogP contribution in [0.4, 0.5) is 8.78 Å². The van der Waals surface area contributed by atoms with Crippen molar-refractivity contribution >= 4 is 11.8 Å². The zero-order valence-electron chi connectivity index (χ0n) is 19.2. The van der Waals surface area contributed by atoms with Crippen LogP contribution in [0, 0.1) is 11.6 Å². The molecule has 0 aliphatic rings. The Morgan fingerprint density at radius 2 is 1.44 bits per heavy atom. The summed E-state index contributed by atoms with van der Waals surface area (Å²) >= 11 is 0. The Morgan fingerprint density at radius 1 is 0.853 bits per heavy atom. The van der Waals surface area contributed by atoms with Gasteiger partial charge in [0.1, 0.15) is 23.4 Å². The highest BCUT2D eigenvalue weighted by Crippen LogP contribution is 2.17. The van der Waals surface area contributed by atoms with E-state index in [0.29, 0.717) is 17.7 Å². The molecule has 0 saturated carbocycles. The van der Waals surface area contributed by atoms with E-state index < -0.39 is 17.8 Å². The van der Waals surface area contributed by atoms with E-state index in [4.69, 9.17) is 4.74 Å². The second-order valence-corrected chi connectivity index (χ2v) is 8.26. The number of ether oxygens (including phenoxy) is 1. The highest BCUT2D eigenvalue weighted by atomic mass is 19.1. The first-order chi connectivity index (χ1) is 16.3. The maximum absolute atomic E-state index is 13.4. The van der Waals surface area contributed by atoms with Crippen LogP contribution >= 0.6 is 0 Å². The molecule has 0 aliphatic carbocycles. The van der Waals surface area contributed by atoms with E-state index in [1.54, 1.807) is 12.1 Å². The average molecular weight is 467 g/mol. The van der Waals surface area contributed by atoms with Gasteiger partial charge in [0.15, 0.2) is 6.61 Å². The van der Waals surface area contributed by atoms with Gasteiger partial charge in [-0.2, -0.15) is 0 Å². The van der Waals surface area contributed by atoms with Gasteiger partial charge in [0.05, 0.1) is 0 Å². The molecule has 1 N–H and O–H groups in total. The second kappa shape index (κ2) is 11.9. The molecule has 0 aromatic heterocycles. The fourth-order valence-electron chi connectivity index (χ4n) is 3.48. The zero-order valence-corrected chi connectivity index (χ0v) is 19.2. The molecule has 2 amide bonds. The summed E-state index contributed by atoms with van der Waals surface area (Å²) in [5.41, 5.74) is 1.56. The van der Waals surface area contributed by atoms with E-state index >= 15 is 0 Å². The highest BCUT2D eigenvalue weighted by molar-refractivity contribution is 5.88. The normalized spacial score (nSPS) is 11.7. The fourth-order valence-corrected chi connectivity index (χ4v) is 3.48. The molecule has 3 rings (SSSR count). The van der Waals surface area contributed by atoms with Crippen molar-refractivity contribution < 1.29 is 23.1 Å². The smallest absolute Gasteiger partial charge is 0.261 e. The van der Waals surface area contributed by atoms with Crippen LogP contribution in [0.15, 0.2) is 78.9 Å². The third kappa shape index (κ3) is 7.40. The number of amides is 2. The number of rotatable bonds is 10. The van der Waals surface area contributed by atoms with Crippen LogP contribution in [0.25, 0.3) is 0 Å². The summed E-state index contributed by atoms with van der Waals surface area (Å²) in [7, 11) is 0. The van der Waals surface area contributed by atoms with Gasteiger partial charge >= 0.3 is 0 Å². The molecular formula is C27H28F2N2O3. The Kier molecular flexibility index (Phi) is 8.73. The van der Waals surface area contributed by atoms with E-state index in [-0.39, 0.29) is 30.9 Å². The Hall–Kier alpha value is -3.74. The molecule has 178 valence electrons. The van der Waals surface area contributed by atoms with Crippen LogP contribution in [0.1, 0.15) is 25.0 Å². The Balaban J connectivity index is 1.89. The zero-order chi connectivity index (χ0) is 24.5. The lowest BCUT2D eigenvalue weighted by Crippen LogP contribution is -2.52. The van der Waals surface area contributed by atoms with Crippen molar-refractivity contribution in [1.82, 2.24) is 10.2 Å². The van der Waals surface area contributed by atoms with Gasteiger partial charge in [-0.3, -0.25) is 9.59 Å². The standard InChI is InChI=1S/C27H28F2N2O3/c1-19(2)30-27(33)25(16-20-6-4-3-5-7-20)31(17-21-8-10-22(28)11-9-21)26(32)18-34-24-14-12-23(29)13-15-24/h3-15,19,25H,16-18H2,1-2H3,(H,30,33). The third-order valence-corrected chi connectivity index (χ3v) is 5.14. The number of hydrogen-bond acceptors (Lipinski definition) is 3. The van der Waals surface area contributed by atoms with Gasteiger partial charge < -0.3 is 15.0 Å². The topological polar surface area (TPSA) is 58.6 Å². The van der Waals surface area contributed by atoms with E-state index in [9.17, 15) is 18.4 Å². The van der Waals surface area contributed by atoms with Crippen LogP contribution in [0.3, 0.4) is 0 Å². The van der Waals surface area contributed by atoms with Crippen molar-refractivity contribution in [3.8, 4) is 5.75 Å². The molecule has 0 heterocycles. The van der Waals surface area contributed by atoms with Gasteiger partial charge in [0, 0.05) is 19.0 Å². The molecule has 34 heavy (non-hydrogen) atoms. The largest absolute Gasteiger partial charge is 0.484 e. The molecule has 0 radical (unpaired) electrons. The van der Waals surface area contributed by atoms with Crippen LogP contribution in [0.5, 0.6) is 5.75 Å². The monoisotopic (exact) mass is 466 g/mol. The Labute approximate surface area is 198 Å². The van der Waals surface area contributed by atoms with Gasteiger partial charge in [-0.05, 0) is 61.4 Å². The number of nitrogens with one attached hydrogen (secondary N) is 1. The third-order valence-electron chi connectivity index (χ3n) is 5.14. The summed E-state index contributed by atoms with van der Waals surface area (Å²) in [6.45, 7) is 3.45. The number of hydrogen-bond donors (Lipinski definition) is 1. The molecular weight excluding hydrogens is 438 g/mol. The van der Waals surface area contributed by atoms with E-state index in [1.807, 2.05) is 44.2 Å². The number of carbonyl (C=O) groups excluding carboxylic acids is 2. The molecule has 3 aromatic carbocycles. The fraction of sp³-hybridized carbons (Fsp3) is 0.259. The summed E-state index contributed by atoms with van der Waals surface area (Å²) in [6, 6.07) is 19.6. The first kappa shape index (κ1) is 24.9. The van der Waals surface area contributed by atoms with Crippen molar-refractivity contribution in [3.05, 3.63) is 102 Å². The summed E-state index contributed by atoms with van der Waals surface area (Å²) in [5.74, 6) is -1.18. The summed E-state index contributed by atoms with van der Waals surface area (Å²) in [6.07, 6.45) is 0.295. The SMILES string of the molecule is CC(C)NC(=O)C(Cc1ccccc1)N(Cc1ccc(F)cc1)C(=O)COc1ccc(F)cc1. The minimum absolute atomic E-state index is 0.0922. The molecule has 0 spiro atoms. The number of carbonyl (C=O) groups is 2. The van der Waals surface area contributed by atoms with Crippen LogP contribution in [-0.2, 0) is 22.6 Å². The molecule has 7 heteroatoms. The van der Waals surface area contributed by atoms with Crippen molar-refractivity contribution in [3.63, 3.8) is 0 Å². The highest BCUT2D eigenvalue weighted by Gasteiger charge is 2.31. The molecule has 5 nitrogen and oxygen atoms in total. The first-order valence-electron chi connectivity index (χ1n) is 11.1. The first-order valence-corrected chi connectivity index (χ1v) is 11.1.